The fraction of sp³-hybridized carbons (Fsp3) is 0.500. The molecule has 0 saturated heterocycles. The summed E-state index contributed by atoms with van der Waals surface area (Å²) < 4.78 is 0. The lowest BCUT2D eigenvalue weighted by Gasteiger charge is -2.15. The van der Waals surface area contributed by atoms with E-state index in [1.807, 2.05) is 20.8 Å². The second-order valence-corrected chi connectivity index (χ2v) is 4.12. The first-order chi connectivity index (χ1) is 6.45. The Morgan fingerprint density at radius 3 is 2.14 bits per heavy atom. The molecule has 1 N–H and O–H groups in total. The molecule has 0 aromatic carbocycles. The Morgan fingerprint density at radius 2 is 1.79 bits per heavy atom. The molecule has 1 rings (SSSR count). The van der Waals surface area contributed by atoms with Gasteiger partial charge in [-0.15, -0.1) is 0 Å². The number of hydrogen-bond acceptors (Lipinski definition) is 3. The minimum absolute atomic E-state index is 0.0821. The van der Waals surface area contributed by atoms with Gasteiger partial charge >= 0.3 is 0 Å². The minimum atomic E-state index is -0.162. The fourth-order valence-electron chi connectivity index (χ4n) is 0.977. The summed E-state index contributed by atoms with van der Waals surface area (Å²) in [5, 5.41) is 2.52. The van der Waals surface area contributed by atoms with E-state index in [1.54, 1.807) is 19.4 Å². The molecule has 1 aromatic rings. The van der Waals surface area contributed by atoms with Crippen LogP contribution in [0, 0.1) is 0 Å². The normalized spacial score (nSPS) is 11.1. The average Bonchev–Trinajstić information content (AvgIpc) is 2.15. The molecule has 4 heteroatoms. The van der Waals surface area contributed by atoms with Crippen LogP contribution >= 0.6 is 0 Å². The molecular formula is C10H15N3O. The third kappa shape index (κ3) is 2.28. The molecular weight excluding hydrogens is 178 g/mol. The first-order valence-corrected chi connectivity index (χ1v) is 4.50. The highest BCUT2D eigenvalue weighted by Gasteiger charge is 2.17. The van der Waals surface area contributed by atoms with Gasteiger partial charge in [0.25, 0.3) is 5.91 Å². The Morgan fingerprint density at radius 1 is 1.29 bits per heavy atom. The van der Waals surface area contributed by atoms with E-state index in [0.717, 1.165) is 5.82 Å². The second kappa shape index (κ2) is 3.74. The third-order valence-corrected chi connectivity index (χ3v) is 1.81. The van der Waals surface area contributed by atoms with Crippen molar-refractivity contribution < 1.29 is 4.79 Å². The number of nitrogens with zero attached hydrogens (tertiary/aromatic N) is 2. The number of amides is 1. The first-order valence-electron chi connectivity index (χ1n) is 4.50. The maximum absolute atomic E-state index is 11.2. The summed E-state index contributed by atoms with van der Waals surface area (Å²) in [5.41, 5.74) is 0.404. The van der Waals surface area contributed by atoms with Gasteiger partial charge in [0.15, 0.2) is 0 Å². The minimum Gasteiger partial charge on any atom is -0.355 e. The van der Waals surface area contributed by atoms with E-state index in [-0.39, 0.29) is 11.3 Å². The van der Waals surface area contributed by atoms with E-state index in [4.69, 9.17) is 0 Å². The van der Waals surface area contributed by atoms with Crippen molar-refractivity contribution in [2.75, 3.05) is 7.05 Å². The quantitative estimate of drug-likeness (QED) is 0.727. The highest BCUT2D eigenvalue weighted by atomic mass is 16.1. The van der Waals surface area contributed by atoms with Gasteiger partial charge in [-0.05, 0) is 0 Å². The lowest BCUT2D eigenvalue weighted by Crippen LogP contribution is -2.20. The monoisotopic (exact) mass is 193 g/mol. The lowest BCUT2D eigenvalue weighted by molar-refractivity contribution is 0.0962. The predicted molar refractivity (Wildman–Crippen MR) is 54.1 cm³/mol. The molecule has 76 valence electrons. The largest absolute Gasteiger partial charge is 0.355 e. The molecule has 0 aliphatic heterocycles. The van der Waals surface area contributed by atoms with E-state index in [2.05, 4.69) is 15.3 Å². The van der Waals surface area contributed by atoms with Gasteiger partial charge in [0, 0.05) is 24.9 Å². The van der Waals surface area contributed by atoms with E-state index in [0.29, 0.717) is 5.56 Å². The Kier molecular flexibility index (Phi) is 2.84. The molecule has 0 bridgehead atoms. The Balaban J connectivity index is 2.95. The van der Waals surface area contributed by atoms with Crippen molar-refractivity contribution >= 4 is 5.91 Å². The molecule has 1 heterocycles. The lowest BCUT2D eigenvalue weighted by atomic mass is 9.96. The van der Waals surface area contributed by atoms with Gasteiger partial charge in [-0.2, -0.15) is 0 Å². The van der Waals surface area contributed by atoms with E-state index in [9.17, 15) is 4.79 Å². The van der Waals surface area contributed by atoms with Crippen LogP contribution in [-0.2, 0) is 5.41 Å². The molecule has 0 radical (unpaired) electrons. The number of rotatable bonds is 1. The highest BCUT2D eigenvalue weighted by molar-refractivity contribution is 5.93. The van der Waals surface area contributed by atoms with Crippen molar-refractivity contribution in [1.82, 2.24) is 15.3 Å². The van der Waals surface area contributed by atoms with Crippen LogP contribution in [0.4, 0.5) is 0 Å². The van der Waals surface area contributed by atoms with Crippen LogP contribution in [0.5, 0.6) is 0 Å². The number of carbonyl (C=O) groups is 1. The van der Waals surface area contributed by atoms with Gasteiger partial charge in [0.2, 0.25) is 0 Å². The van der Waals surface area contributed by atoms with Gasteiger partial charge in [0.1, 0.15) is 5.82 Å². The zero-order valence-corrected chi connectivity index (χ0v) is 8.96. The summed E-state index contributed by atoms with van der Waals surface area (Å²) in [6, 6.07) is 0. The molecule has 1 aromatic heterocycles. The highest BCUT2D eigenvalue weighted by Crippen LogP contribution is 2.16. The van der Waals surface area contributed by atoms with Crippen molar-refractivity contribution in [2.24, 2.45) is 0 Å². The maximum atomic E-state index is 11.2. The van der Waals surface area contributed by atoms with Gasteiger partial charge in [-0.3, -0.25) is 4.79 Å². The molecule has 0 spiro atoms. The second-order valence-electron chi connectivity index (χ2n) is 4.12. The fourth-order valence-corrected chi connectivity index (χ4v) is 0.977. The molecule has 0 unspecified atom stereocenters. The van der Waals surface area contributed by atoms with Crippen LogP contribution in [0.15, 0.2) is 12.4 Å². The SMILES string of the molecule is CNC(=O)c1cnc(C(C)(C)C)nc1. The van der Waals surface area contributed by atoms with Crippen LogP contribution in [0.1, 0.15) is 37.0 Å². The Hall–Kier alpha value is -1.45. The topological polar surface area (TPSA) is 54.9 Å². The summed E-state index contributed by atoms with van der Waals surface area (Å²) in [4.78, 5) is 19.5. The number of carbonyl (C=O) groups excluding carboxylic acids is 1. The van der Waals surface area contributed by atoms with Crippen molar-refractivity contribution in [3.8, 4) is 0 Å². The summed E-state index contributed by atoms with van der Waals surface area (Å²) in [5.74, 6) is 0.579. The summed E-state index contributed by atoms with van der Waals surface area (Å²) in [7, 11) is 1.58. The molecule has 0 fully saturated rings. The zero-order chi connectivity index (χ0) is 10.8. The van der Waals surface area contributed by atoms with Crippen molar-refractivity contribution in [3.05, 3.63) is 23.8 Å². The van der Waals surface area contributed by atoms with Crippen LogP contribution in [0.3, 0.4) is 0 Å². The van der Waals surface area contributed by atoms with Crippen LogP contribution < -0.4 is 5.32 Å². The summed E-state index contributed by atoms with van der Waals surface area (Å²) >= 11 is 0. The van der Waals surface area contributed by atoms with Gasteiger partial charge in [-0.1, -0.05) is 20.8 Å². The van der Waals surface area contributed by atoms with E-state index in [1.165, 1.54) is 0 Å². The molecule has 0 aliphatic carbocycles. The number of hydrogen-bond donors (Lipinski definition) is 1. The molecule has 1 amide bonds. The van der Waals surface area contributed by atoms with Crippen molar-refractivity contribution in [1.29, 1.82) is 0 Å². The molecule has 0 saturated carbocycles. The molecule has 14 heavy (non-hydrogen) atoms. The van der Waals surface area contributed by atoms with Crippen molar-refractivity contribution in [2.45, 2.75) is 26.2 Å². The summed E-state index contributed by atoms with van der Waals surface area (Å²) in [6.45, 7) is 6.09. The number of nitrogens with one attached hydrogen (secondary N) is 1. The van der Waals surface area contributed by atoms with Gasteiger partial charge in [-0.25, -0.2) is 9.97 Å². The smallest absolute Gasteiger partial charge is 0.254 e. The van der Waals surface area contributed by atoms with Gasteiger partial charge in [0.05, 0.1) is 5.56 Å². The van der Waals surface area contributed by atoms with Crippen LogP contribution in [0.25, 0.3) is 0 Å². The van der Waals surface area contributed by atoms with Crippen LogP contribution in [-0.4, -0.2) is 22.9 Å². The summed E-state index contributed by atoms with van der Waals surface area (Å²) in [6.07, 6.45) is 3.10. The molecule has 0 atom stereocenters. The van der Waals surface area contributed by atoms with Crippen LogP contribution in [0.2, 0.25) is 0 Å². The maximum Gasteiger partial charge on any atom is 0.254 e. The molecule has 0 aliphatic rings. The number of aromatic nitrogens is 2. The first kappa shape index (κ1) is 10.6. The average molecular weight is 193 g/mol. The van der Waals surface area contributed by atoms with Gasteiger partial charge < -0.3 is 5.32 Å². The van der Waals surface area contributed by atoms with Crippen molar-refractivity contribution in [3.63, 3.8) is 0 Å². The predicted octanol–water partition coefficient (Wildman–Crippen LogP) is 1.13. The Bertz CT molecular complexity index is 324. The Labute approximate surface area is 83.8 Å². The van der Waals surface area contributed by atoms with E-state index >= 15 is 0 Å². The molecule has 4 nitrogen and oxygen atoms in total. The zero-order valence-electron chi connectivity index (χ0n) is 8.96. The van der Waals surface area contributed by atoms with E-state index < -0.39 is 0 Å². The standard InChI is InChI=1S/C10H15N3O/c1-10(2,3)9-12-5-7(6-13-9)8(14)11-4/h5-6H,1-4H3,(H,11,14). The third-order valence-electron chi connectivity index (χ3n) is 1.81.